The van der Waals surface area contributed by atoms with Crippen LogP contribution < -0.4 is 5.32 Å². The first-order chi connectivity index (χ1) is 9.74. The van der Waals surface area contributed by atoms with Crippen molar-refractivity contribution in [2.45, 2.75) is 19.5 Å². The normalized spacial score (nSPS) is 18.6. The van der Waals surface area contributed by atoms with Gasteiger partial charge in [-0.3, -0.25) is 9.69 Å². The van der Waals surface area contributed by atoms with Gasteiger partial charge in [-0.25, -0.2) is 0 Å². The maximum absolute atomic E-state index is 12.1. The van der Waals surface area contributed by atoms with Crippen LogP contribution in [0, 0.1) is 0 Å². The fourth-order valence-corrected chi connectivity index (χ4v) is 2.75. The van der Waals surface area contributed by atoms with E-state index in [4.69, 9.17) is 0 Å². The molecule has 0 saturated heterocycles. The second kappa shape index (κ2) is 5.51. The lowest BCUT2D eigenvalue weighted by atomic mass is 10.1. The second-order valence-electron chi connectivity index (χ2n) is 5.19. The van der Waals surface area contributed by atoms with Crippen LogP contribution in [0.2, 0.25) is 0 Å². The molecule has 104 valence electrons. The zero-order valence-corrected chi connectivity index (χ0v) is 11.6. The highest BCUT2D eigenvalue weighted by Crippen LogP contribution is 2.24. The van der Waals surface area contributed by atoms with E-state index in [-0.39, 0.29) is 11.9 Å². The van der Waals surface area contributed by atoms with Crippen LogP contribution in [0.25, 0.3) is 0 Å². The Morgan fingerprint density at radius 3 is 2.80 bits per heavy atom. The third kappa shape index (κ3) is 2.60. The fraction of sp³-hybridized carbons (Fsp3) is 0.312. The summed E-state index contributed by atoms with van der Waals surface area (Å²) in [7, 11) is 0. The van der Waals surface area contributed by atoms with Crippen molar-refractivity contribution < 1.29 is 4.79 Å². The molecule has 1 aliphatic rings. The minimum atomic E-state index is 0.0445. The molecule has 1 aromatic heterocycles. The van der Waals surface area contributed by atoms with Crippen molar-refractivity contribution in [1.29, 1.82) is 0 Å². The molecule has 1 aromatic carbocycles. The number of hydrogen-bond donors (Lipinski definition) is 1. The highest BCUT2D eigenvalue weighted by Gasteiger charge is 2.24. The van der Waals surface area contributed by atoms with Gasteiger partial charge in [0.05, 0.1) is 6.54 Å². The lowest BCUT2D eigenvalue weighted by Crippen LogP contribution is -2.41. The van der Waals surface area contributed by atoms with Gasteiger partial charge >= 0.3 is 0 Å². The zero-order chi connectivity index (χ0) is 13.9. The van der Waals surface area contributed by atoms with Gasteiger partial charge in [0.2, 0.25) is 5.91 Å². The molecule has 20 heavy (non-hydrogen) atoms. The van der Waals surface area contributed by atoms with Crippen molar-refractivity contribution in [3.63, 3.8) is 0 Å². The molecule has 1 N–H and O–H groups in total. The Morgan fingerprint density at radius 1 is 1.20 bits per heavy atom. The molecule has 0 aliphatic carbocycles. The van der Waals surface area contributed by atoms with Gasteiger partial charge in [0, 0.05) is 36.7 Å². The number of amides is 1. The van der Waals surface area contributed by atoms with Gasteiger partial charge in [0.15, 0.2) is 0 Å². The summed E-state index contributed by atoms with van der Waals surface area (Å²) in [6.07, 6.45) is 2.10. The van der Waals surface area contributed by atoms with E-state index in [0.29, 0.717) is 6.54 Å². The fourth-order valence-electron chi connectivity index (χ4n) is 2.75. The summed E-state index contributed by atoms with van der Waals surface area (Å²) < 4.78 is 2.26. The van der Waals surface area contributed by atoms with Crippen LogP contribution in [0.5, 0.6) is 0 Å². The van der Waals surface area contributed by atoms with Crippen molar-refractivity contribution in [2.75, 3.05) is 18.4 Å². The molecule has 0 spiro atoms. The minimum Gasteiger partial charge on any atom is -0.349 e. The van der Waals surface area contributed by atoms with Crippen LogP contribution in [-0.4, -0.2) is 28.5 Å². The molecule has 4 heteroatoms. The maximum atomic E-state index is 12.1. The molecule has 0 fully saturated rings. The largest absolute Gasteiger partial charge is 0.349 e. The molecular weight excluding hydrogens is 250 g/mol. The van der Waals surface area contributed by atoms with Crippen LogP contribution in [0.4, 0.5) is 5.69 Å². The average Bonchev–Trinajstić information content (AvgIpc) is 2.92. The molecule has 2 heterocycles. The predicted molar refractivity (Wildman–Crippen MR) is 79.5 cm³/mol. The first-order valence-electron chi connectivity index (χ1n) is 6.98. The van der Waals surface area contributed by atoms with E-state index in [2.05, 4.69) is 40.0 Å². The van der Waals surface area contributed by atoms with Crippen LogP contribution in [0.15, 0.2) is 48.7 Å². The summed E-state index contributed by atoms with van der Waals surface area (Å²) in [4.78, 5) is 14.3. The summed E-state index contributed by atoms with van der Waals surface area (Å²) >= 11 is 0. The van der Waals surface area contributed by atoms with Crippen molar-refractivity contribution >= 4 is 11.6 Å². The number of carbonyl (C=O) groups excluding carboxylic acids is 1. The Bertz CT molecular complexity index is 591. The number of rotatable bonds is 3. The highest BCUT2D eigenvalue weighted by atomic mass is 16.2. The van der Waals surface area contributed by atoms with E-state index in [1.165, 1.54) is 5.69 Å². The molecule has 1 amide bonds. The summed E-state index contributed by atoms with van der Waals surface area (Å²) in [6.45, 7) is 4.44. The van der Waals surface area contributed by atoms with Gasteiger partial charge in [-0.1, -0.05) is 18.2 Å². The summed E-state index contributed by atoms with van der Waals surface area (Å²) in [6, 6.07) is 14.1. The molecule has 0 saturated carbocycles. The third-order valence-electron chi connectivity index (χ3n) is 3.87. The van der Waals surface area contributed by atoms with E-state index in [0.717, 1.165) is 18.8 Å². The smallest absolute Gasteiger partial charge is 0.238 e. The van der Waals surface area contributed by atoms with E-state index >= 15 is 0 Å². The van der Waals surface area contributed by atoms with E-state index in [1.807, 2.05) is 30.3 Å². The van der Waals surface area contributed by atoms with Gasteiger partial charge < -0.3 is 9.88 Å². The number of para-hydroxylation sites is 1. The number of aromatic nitrogens is 1. The maximum Gasteiger partial charge on any atom is 0.238 e. The van der Waals surface area contributed by atoms with Crippen molar-refractivity contribution in [3.05, 3.63) is 54.4 Å². The van der Waals surface area contributed by atoms with Crippen molar-refractivity contribution in [3.8, 4) is 0 Å². The Balaban J connectivity index is 1.63. The molecule has 3 rings (SSSR count). The lowest BCUT2D eigenvalue weighted by molar-refractivity contribution is -0.118. The van der Waals surface area contributed by atoms with Crippen LogP contribution in [0.3, 0.4) is 0 Å². The number of nitrogens with one attached hydrogen (secondary N) is 1. The predicted octanol–water partition coefficient (Wildman–Crippen LogP) is 2.50. The first kappa shape index (κ1) is 12.9. The number of anilines is 1. The van der Waals surface area contributed by atoms with Gasteiger partial charge in [-0.2, -0.15) is 0 Å². The SMILES string of the molecule is CC1c2cccn2CCN1CC(=O)Nc1ccccc1. The van der Waals surface area contributed by atoms with Crippen LogP contribution >= 0.6 is 0 Å². The number of fused-ring (bicyclic) bond motifs is 1. The van der Waals surface area contributed by atoms with Crippen LogP contribution in [0.1, 0.15) is 18.7 Å². The summed E-state index contributed by atoms with van der Waals surface area (Å²) in [5, 5.41) is 2.94. The molecule has 1 atom stereocenters. The molecule has 4 nitrogen and oxygen atoms in total. The summed E-state index contributed by atoms with van der Waals surface area (Å²) in [5.74, 6) is 0.0445. The molecule has 0 bridgehead atoms. The van der Waals surface area contributed by atoms with Crippen molar-refractivity contribution in [2.24, 2.45) is 0 Å². The topological polar surface area (TPSA) is 37.3 Å². The lowest BCUT2D eigenvalue weighted by Gasteiger charge is -2.34. The number of carbonyl (C=O) groups is 1. The monoisotopic (exact) mass is 269 g/mol. The third-order valence-corrected chi connectivity index (χ3v) is 3.87. The van der Waals surface area contributed by atoms with Gasteiger partial charge in [0.1, 0.15) is 0 Å². The molecule has 2 aromatic rings. The van der Waals surface area contributed by atoms with E-state index in [1.54, 1.807) is 0 Å². The number of benzene rings is 1. The minimum absolute atomic E-state index is 0.0445. The number of hydrogen-bond acceptors (Lipinski definition) is 2. The van der Waals surface area contributed by atoms with Gasteiger partial charge in [-0.05, 0) is 31.2 Å². The number of nitrogens with zero attached hydrogens (tertiary/aromatic N) is 2. The second-order valence-corrected chi connectivity index (χ2v) is 5.19. The zero-order valence-electron chi connectivity index (χ0n) is 11.6. The Kier molecular flexibility index (Phi) is 3.56. The first-order valence-corrected chi connectivity index (χ1v) is 6.98. The quantitative estimate of drug-likeness (QED) is 0.929. The summed E-state index contributed by atoms with van der Waals surface area (Å²) in [5.41, 5.74) is 2.13. The standard InChI is InChI=1S/C16H19N3O/c1-13-15-8-5-9-18(15)10-11-19(13)12-16(20)17-14-6-3-2-4-7-14/h2-9,13H,10-12H2,1H3,(H,17,20). The molecular formula is C16H19N3O. The van der Waals surface area contributed by atoms with E-state index in [9.17, 15) is 4.79 Å². The molecule has 1 aliphatic heterocycles. The molecule has 0 radical (unpaired) electrons. The van der Waals surface area contributed by atoms with Crippen molar-refractivity contribution in [1.82, 2.24) is 9.47 Å². The van der Waals surface area contributed by atoms with E-state index < -0.39 is 0 Å². The molecule has 1 unspecified atom stereocenters. The highest BCUT2D eigenvalue weighted by molar-refractivity contribution is 5.92. The van der Waals surface area contributed by atoms with Crippen LogP contribution in [-0.2, 0) is 11.3 Å². The Hall–Kier alpha value is -2.07. The van der Waals surface area contributed by atoms with Gasteiger partial charge in [-0.15, -0.1) is 0 Å². The Morgan fingerprint density at radius 2 is 2.00 bits per heavy atom. The van der Waals surface area contributed by atoms with Gasteiger partial charge in [0.25, 0.3) is 0 Å². The Labute approximate surface area is 119 Å². The average molecular weight is 269 g/mol.